The Morgan fingerprint density at radius 1 is 0.319 bits per heavy atom. The molecule has 14 rings (SSSR count). The molecule has 72 heavy (non-hydrogen) atoms. The molecule has 0 atom stereocenters. The van der Waals surface area contributed by atoms with Gasteiger partial charge in [0, 0.05) is 75.8 Å². The second-order valence-electron chi connectivity index (χ2n) is 20.2. The zero-order valence-electron chi connectivity index (χ0n) is 40.3. The summed E-state index contributed by atoms with van der Waals surface area (Å²) in [6.45, 7) is 7.02. The smallest absolute Gasteiger partial charge is 0.0620 e. The van der Waals surface area contributed by atoms with E-state index in [4.69, 9.17) is 0 Å². The number of anilines is 6. The Kier molecular flexibility index (Phi) is 9.64. The van der Waals surface area contributed by atoms with Crippen LogP contribution in [0.4, 0.5) is 34.1 Å². The molecule has 14 aromatic rings. The predicted molar refractivity (Wildman–Crippen MR) is 310 cm³/mol. The van der Waals surface area contributed by atoms with Crippen molar-refractivity contribution in [1.29, 1.82) is 0 Å². The predicted octanol–water partition coefficient (Wildman–Crippen LogP) is 19.9. The second kappa shape index (κ2) is 16.4. The number of nitrogens with zero attached hydrogens (tertiary/aromatic N) is 3. The SMILES string of the molecule is CC(C)(C)c1cc2c3ccc(N(c4ccccc4)c4ccc(-c5ccccc5)cc4)cc3n3c4ccc5c(ccc6sc7cc(N(c8ccccc8)c8ccc(-c9ccccc9)cc8)ccc7c65)c4c(c1)c23. The lowest BCUT2D eigenvalue weighted by atomic mass is 9.85. The van der Waals surface area contributed by atoms with Gasteiger partial charge in [-0.3, -0.25) is 0 Å². The number of hydrogen-bond donors (Lipinski definition) is 0. The Labute approximate surface area is 423 Å². The highest BCUT2D eigenvalue weighted by atomic mass is 32.1. The molecule has 0 saturated heterocycles. The lowest BCUT2D eigenvalue weighted by molar-refractivity contribution is 0.592. The first-order chi connectivity index (χ1) is 35.3. The van der Waals surface area contributed by atoms with Gasteiger partial charge in [-0.25, -0.2) is 0 Å². The van der Waals surface area contributed by atoms with Crippen molar-refractivity contribution in [2.45, 2.75) is 26.2 Å². The van der Waals surface area contributed by atoms with E-state index in [-0.39, 0.29) is 5.41 Å². The average Bonchev–Trinajstić information content (AvgIpc) is 4.09. The van der Waals surface area contributed by atoms with Crippen LogP contribution >= 0.6 is 11.3 Å². The van der Waals surface area contributed by atoms with Crippen LogP contribution < -0.4 is 9.80 Å². The Balaban J connectivity index is 0.943. The summed E-state index contributed by atoms with van der Waals surface area (Å²) in [6.07, 6.45) is 0. The summed E-state index contributed by atoms with van der Waals surface area (Å²) in [4.78, 5) is 4.77. The minimum atomic E-state index is -0.0471. The molecule has 342 valence electrons. The summed E-state index contributed by atoms with van der Waals surface area (Å²) in [6, 6.07) is 89.3. The number of aromatic nitrogens is 1. The summed E-state index contributed by atoms with van der Waals surface area (Å²) in [7, 11) is 0. The molecule has 3 aromatic heterocycles. The fourth-order valence-corrected chi connectivity index (χ4v) is 12.5. The maximum Gasteiger partial charge on any atom is 0.0620 e. The highest BCUT2D eigenvalue weighted by molar-refractivity contribution is 7.26. The molecule has 0 N–H and O–H groups in total. The van der Waals surface area contributed by atoms with Crippen LogP contribution in [0.1, 0.15) is 26.3 Å². The molecule has 11 aromatic carbocycles. The van der Waals surface area contributed by atoms with Crippen molar-refractivity contribution < 1.29 is 0 Å². The van der Waals surface area contributed by atoms with Crippen LogP contribution in [0.3, 0.4) is 0 Å². The van der Waals surface area contributed by atoms with Gasteiger partial charge < -0.3 is 14.2 Å². The van der Waals surface area contributed by atoms with Crippen LogP contribution in [-0.2, 0) is 5.41 Å². The van der Waals surface area contributed by atoms with Gasteiger partial charge in [0.1, 0.15) is 0 Å². The molecule has 0 saturated carbocycles. The van der Waals surface area contributed by atoms with E-state index in [1.54, 1.807) is 0 Å². The van der Waals surface area contributed by atoms with Gasteiger partial charge in [-0.15, -0.1) is 11.3 Å². The Morgan fingerprint density at radius 2 is 0.764 bits per heavy atom. The van der Waals surface area contributed by atoms with Crippen molar-refractivity contribution in [2.24, 2.45) is 0 Å². The fourth-order valence-electron chi connectivity index (χ4n) is 11.3. The van der Waals surface area contributed by atoms with Gasteiger partial charge in [0.25, 0.3) is 0 Å². The summed E-state index contributed by atoms with van der Waals surface area (Å²) in [5, 5.41) is 10.4. The molecule has 0 aliphatic rings. The minimum Gasteiger partial charge on any atom is -0.310 e. The van der Waals surface area contributed by atoms with Crippen LogP contribution in [-0.4, -0.2) is 4.40 Å². The van der Waals surface area contributed by atoms with E-state index < -0.39 is 0 Å². The summed E-state index contributed by atoms with van der Waals surface area (Å²) in [5.41, 5.74) is 16.6. The summed E-state index contributed by atoms with van der Waals surface area (Å²) < 4.78 is 5.13. The first kappa shape index (κ1) is 42.2. The van der Waals surface area contributed by atoms with E-state index in [1.807, 2.05) is 11.3 Å². The van der Waals surface area contributed by atoms with Crippen LogP contribution in [0.5, 0.6) is 0 Å². The first-order valence-electron chi connectivity index (χ1n) is 24.9. The molecule has 0 amide bonds. The normalized spacial score (nSPS) is 12.1. The van der Waals surface area contributed by atoms with E-state index in [0.29, 0.717) is 0 Å². The number of hydrogen-bond acceptors (Lipinski definition) is 3. The largest absolute Gasteiger partial charge is 0.310 e. The molecule has 3 heterocycles. The molecular formula is C68H49N3S. The monoisotopic (exact) mass is 939 g/mol. The quantitative estimate of drug-likeness (QED) is 0.150. The maximum absolute atomic E-state index is 2.55. The van der Waals surface area contributed by atoms with Gasteiger partial charge in [-0.05, 0) is 141 Å². The molecule has 3 nitrogen and oxygen atoms in total. The topological polar surface area (TPSA) is 10.9 Å². The Morgan fingerprint density at radius 3 is 1.33 bits per heavy atom. The molecule has 0 unspecified atom stereocenters. The second-order valence-corrected chi connectivity index (χ2v) is 21.2. The van der Waals surface area contributed by atoms with Crippen molar-refractivity contribution in [2.75, 3.05) is 9.80 Å². The highest BCUT2D eigenvalue weighted by Crippen LogP contribution is 2.49. The number of benzene rings is 11. The third kappa shape index (κ3) is 6.78. The van der Waals surface area contributed by atoms with Crippen LogP contribution in [0.25, 0.3) is 91.3 Å². The lowest BCUT2D eigenvalue weighted by Gasteiger charge is -2.26. The summed E-state index contributed by atoms with van der Waals surface area (Å²) >= 11 is 1.89. The standard InChI is InChI=1S/C68H49N3S/c1-68(2,3)48-40-59-55-34-32-53(69(49-20-12-6-13-21-49)51-28-24-46(25-29-51)44-16-8-4-9-17-44)42-62(55)71-61-38-36-57-56(65(61)60(41-48)67(59)71)37-39-63-66(57)58-35-33-54(43-64(58)72-63)70(50-22-14-7-15-23-50)52-30-26-47(27-31-52)45-18-10-5-11-19-45/h4-43H,1-3H3. The average molecular weight is 940 g/mol. The molecule has 0 aliphatic heterocycles. The number of para-hydroxylation sites is 2. The highest BCUT2D eigenvalue weighted by Gasteiger charge is 2.26. The van der Waals surface area contributed by atoms with Gasteiger partial charge in [0.15, 0.2) is 0 Å². The van der Waals surface area contributed by atoms with Crippen LogP contribution in [0, 0.1) is 0 Å². The zero-order valence-corrected chi connectivity index (χ0v) is 41.2. The van der Waals surface area contributed by atoms with Crippen molar-refractivity contribution in [3.63, 3.8) is 0 Å². The molecular weight excluding hydrogens is 891 g/mol. The van der Waals surface area contributed by atoms with Gasteiger partial charge in [0.2, 0.25) is 0 Å². The maximum atomic E-state index is 2.55. The van der Waals surface area contributed by atoms with Crippen molar-refractivity contribution in [3.05, 3.63) is 248 Å². The molecule has 0 fully saturated rings. The van der Waals surface area contributed by atoms with Crippen molar-refractivity contribution in [3.8, 4) is 22.3 Å². The molecule has 0 radical (unpaired) electrons. The van der Waals surface area contributed by atoms with Crippen LogP contribution in [0.15, 0.2) is 243 Å². The molecule has 0 aliphatic carbocycles. The van der Waals surface area contributed by atoms with E-state index in [1.165, 1.54) is 96.9 Å². The number of fused-ring (bicyclic) bond motifs is 12. The van der Waals surface area contributed by atoms with Gasteiger partial charge in [-0.1, -0.05) is 166 Å². The van der Waals surface area contributed by atoms with Gasteiger partial charge >= 0.3 is 0 Å². The van der Waals surface area contributed by atoms with E-state index in [2.05, 4.69) is 278 Å². The Bertz CT molecular complexity index is 4320. The third-order valence-corrected chi connectivity index (χ3v) is 15.9. The first-order valence-corrected chi connectivity index (χ1v) is 25.7. The summed E-state index contributed by atoms with van der Waals surface area (Å²) in [5.74, 6) is 0. The van der Waals surface area contributed by atoms with Gasteiger partial charge in [-0.2, -0.15) is 0 Å². The molecule has 0 bridgehead atoms. The van der Waals surface area contributed by atoms with Gasteiger partial charge in [0.05, 0.1) is 16.6 Å². The van der Waals surface area contributed by atoms with Crippen molar-refractivity contribution in [1.82, 2.24) is 4.40 Å². The van der Waals surface area contributed by atoms with E-state index >= 15 is 0 Å². The lowest BCUT2D eigenvalue weighted by Crippen LogP contribution is -2.10. The fraction of sp³-hybridized carbons (Fsp3) is 0.0588. The number of thiophene rings is 1. The zero-order chi connectivity index (χ0) is 48.1. The Hall–Kier alpha value is -8.70. The molecule has 0 spiro atoms. The third-order valence-electron chi connectivity index (χ3n) is 14.8. The molecule has 4 heteroatoms. The minimum absolute atomic E-state index is 0.0471. The van der Waals surface area contributed by atoms with Crippen molar-refractivity contribution >= 4 is 115 Å². The number of rotatable bonds is 8. The van der Waals surface area contributed by atoms with E-state index in [9.17, 15) is 0 Å². The van der Waals surface area contributed by atoms with E-state index in [0.717, 1.165) is 34.1 Å². The van der Waals surface area contributed by atoms with Crippen LogP contribution in [0.2, 0.25) is 0 Å².